The summed E-state index contributed by atoms with van der Waals surface area (Å²) in [6.07, 6.45) is 4.54. The summed E-state index contributed by atoms with van der Waals surface area (Å²) in [4.78, 5) is 16.4. The first kappa shape index (κ1) is 15.6. The van der Waals surface area contributed by atoms with Crippen molar-refractivity contribution in [3.8, 4) is 0 Å². The maximum Gasteiger partial charge on any atom is 0.317 e. The minimum absolute atomic E-state index is 0.0527. The molecule has 2 heterocycles. The lowest BCUT2D eigenvalue weighted by Gasteiger charge is -2.32. The van der Waals surface area contributed by atoms with Gasteiger partial charge in [0.25, 0.3) is 0 Å². The zero-order valence-corrected chi connectivity index (χ0v) is 12.7. The number of hydrogen-bond acceptors (Lipinski definition) is 3. The first-order chi connectivity index (χ1) is 9.72. The van der Waals surface area contributed by atoms with Gasteiger partial charge in [0.15, 0.2) is 0 Å². The zero-order chi connectivity index (χ0) is 14.4. The molecule has 0 bridgehead atoms. The highest BCUT2D eigenvalue weighted by molar-refractivity contribution is 5.74. The number of aliphatic hydroxyl groups is 1. The number of piperidine rings is 1. The van der Waals surface area contributed by atoms with Gasteiger partial charge in [-0.3, -0.25) is 0 Å². The van der Waals surface area contributed by atoms with Gasteiger partial charge in [-0.15, -0.1) is 0 Å². The molecule has 0 aliphatic carbocycles. The average Bonchev–Trinajstić information content (AvgIpc) is 2.95. The van der Waals surface area contributed by atoms with Crippen molar-refractivity contribution in [2.75, 3.05) is 45.9 Å². The highest BCUT2D eigenvalue weighted by atomic mass is 16.3. The van der Waals surface area contributed by atoms with Crippen molar-refractivity contribution in [2.24, 2.45) is 11.8 Å². The predicted octanol–water partition coefficient (Wildman–Crippen LogP) is 1.13. The molecule has 2 aliphatic heterocycles. The average molecular weight is 283 g/mol. The molecule has 2 rings (SSSR count). The van der Waals surface area contributed by atoms with Gasteiger partial charge < -0.3 is 20.2 Å². The smallest absolute Gasteiger partial charge is 0.317 e. The summed E-state index contributed by atoms with van der Waals surface area (Å²) in [6, 6.07) is 0.0527. The number of likely N-dealkylation sites (tertiary alicyclic amines) is 2. The van der Waals surface area contributed by atoms with Crippen LogP contribution < -0.4 is 5.32 Å². The molecule has 20 heavy (non-hydrogen) atoms. The maximum absolute atomic E-state index is 12.0. The molecule has 2 aliphatic rings. The Morgan fingerprint density at radius 3 is 2.50 bits per heavy atom. The Kier molecular flexibility index (Phi) is 6.10. The Bertz CT molecular complexity index is 303. The van der Waals surface area contributed by atoms with Crippen molar-refractivity contribution in [3.63, 3.8) is 0 Å². The van der Waals surface area contributed by atoms with Crippen LogP contribution in [0.4, 0.5) is 4.79 Å². The molecule has 2 saturated heterocycles. The Labute approximate surface area is 122 Å². The van der Waals surface area contributed by atoms with Gasteiger partial charge in [-0.2, -0.15) is 0 Å². The van der Waals surface area contributed by atoms with E-state index in [-0.39, 0.29) is 18.6 Å². The lowest BCUT2D eigenvalue weighted by Crippen LogP contribution is -2.43. The van der Waals surface area contributed by atoms with E-state index >= 15 is 0 Å². The van der Waals surface area contributed by atoms with Gasteiger partial charge in [-0.05, 0) is 51.2 Å². The number of rotatable bonds is 5. The van der Waals surface area contributed by atoms with Crippen LogP contribution >= 0.6 is 0 Å². The number of carbonyl (C=O) groups excluding carboxylic acids is 1. The molecule has 1 atom stereocenters. The second-order valence-corrected chi connectivity index (χ2v) is 6.25. The largest absolute Gasteiger partial charge is 0.396 e. The Morgan fingerprint density at radius 2 is 1.90 bits per heavy atom. The van der Waals surface area contributed by atoms with Crippen LogP contribution in [0.25, 0.3) is 0 Å². The lowest BCUT2D eigenvalue weighted by atomic mass is 9.97. The van der Waals surface area contributed by atoms with Crippen molar-refractivity contribution in [3.05, 3.63) is 0 Å². The van der Waals surface area contributed by atoms with E-state index < -0.39 is 0 Å². The molecule has 116 valence electrons. The molecule has 5 heteroatoms. The van der Waals surface area contributed by atoms with Gasteiger partial charge in [-0.1, -0.05) is 6.92 Å². The van der Waals surface area contributed by atoms with E-state index in [1.807, 2.05) is 4.90 Å². The molecule has 5 nitrogen and oxygen atoms in total. The molecule has 2 amide bonds. The van der Waals surface area contributed by atoms with Crippen LogP contribution in [-0.2, 0) is 0 Å². The molecule has 0 saturated carbocycles. The summed E-state index contributed by atoms with van der Waals surface area (Å²) < 4.78 is 0. The summed E-state index contributed by atoms with van der Waals surface area (Å²) in [5, 5.41) is 12.2. The van der Waals surface area contributed by atoms with Crippen molar-refractivity contribution < 1.29 is 9.90 Å². The molecule has 1 unspecified atom stereocenters. The Hall–Kier alpha value is -0.810. The van der Waals surface area contributed by atoms with Crippen LogP contribution in [0, 0.1) is 11.8 Å². The molecule has 0 radical (unpaired) electrons. The third kappa shape index (κ3) is 4.35. The minimum Gasteiger partial charge on any atom is -0.396 e. The van der Waals surface area contributed by atoms with Crippen LogP contribution in [0.3, 0.4) is 0 Å². The molecule has 2 fully saturated rings. The van der Waals surface area contributed by atoms with Crippen LogP contribution in [0.15, 0.2) is 0 Å². The second kappa shape index (κ2) is 7.84. The van der Waals surface area contributed by atoms with E-state index in [0.29, 0.717) is 12.5 Å². The zero-order valence-electron chi connectivity index (χ0n) is 12.7. The lowest BCUT2D eigenvalue weighted by molar-refractivity contribution is 0.174. The molecular formula is C15H29N3O2. The summed E-state index contributed by atoms with van der Waals surface area (Å²) in [7, 11) is 0. The monoisotopic (exact) mass is 283 g/mol. The number of nitrogens with one attached hydrogen (secondary N) is 1. The van der Waals surface area contributed by atoms with Crippen LogP contribution in [-0.4, -0.2) is 66.8 Å². The van der Waals surface area contributed by atoms with Crippen LogP contribution in [0.2, 0.25) is 0 Å². The number of nitrogens with zero attached hydrogens (tertiary/aromatic N) is 2. The number of carbonyl (C=O) groups is 1. The molecule has 0 aromatic rings. The van der Waals surface area contributed by atoms with Gasteiger partial charge in [0.2, 0.25) is 0 Å². The van der Waals surface area contributed by atoms with Gasteiger partial charge in [0.05, 0.1) is 0 Å². The van der Waals surface area contributed by atoms with Crippen LogP contribution in [0.5, 0.6) is 0 Å². The van der Waals surface area contributed by atoms with Gasteiger partial charge in [0, 0.05) is 32.2 Å². The summed E-state index contributed by atoms with van der Waals surface area (Å²) in [5.74, 6) is 0.904. The van der Waals surface area contributed by atoms with Gasteiger partial charge in [0.1, 0.15) is 0 Å². The first-order valence-corrected chi connectivity index (χ1v) is 8.09. The number of urea groups is 1. The Morgan fingerprint density at radius 1 is 1.20 bits per heavy atom. The van der Waals surface area contributed by atoms with E-state index in [2.05, 4.69) is 17.1 Å². The first-order valence-electron chi connectivity index (χ1n) is 8.09. The highest BCUT2D eigenvalue weighted by Crippen LogP contribution is 2.18. The SMILES string of the molecule is CCCN1CCC(CNC(=O)N2CCC(CO)C2)CC1. The van der Waals surface area contributed by atoms with E-state index in [9.17, 15) is 4.79 Å². The standard InChI is InChI=1S/C15H29N3O2/c1-2-6-17-7-3-13(4-8-17)10-16-15(20)18-9-5-14(11-18)12-19/h13-14,19H,2-12H2,1H3,(H,16,20). The fraction of sp³-hybridized carbons (Fsp3) is 0.933. The van der Waals surface area contributed by atoms with E-state index in [0.717, 1.165) is 19.5 Å². The van der Waals surface area contributed by atoms with Crippen molar-refractivity contribution in [1.29, 1.82) is 0 Å². The summed E-state index contributed by atoms with van der Waals surface area (Å²) in [5.41, 5.74) is 0. The fourth-order valence-corrected chi connectivity index (χ4v) is 3.24. The fourth-order valence-electron chi connectivity index (χ4n) is 3.24. The quantitative estimate of drug-likeness (QED) is 0.795. The van der Waals surface area contributed by atoms with E-state index in [1.165, 1.54) is 38.9 Å². The van der Waals surface area contributed by atoms with Crippen molar-refractivity contribution >= 4 is 6.03 Å². The molecule has 0 aromatic heterocycles. The molecule has 0 spiro atoms. The molecule has 2 N–H and O–H groups in total. The number of hydrogen-bond donors (Lipinski definition) is 2. The molecule has 0 aromatic carbocycles. The molecular weight excluding hydrogens is 254 g/mol. The van der Waals surface area contributed by atoms with Gasteiger partial charge in [-0.25, -0.2) is 4.79 Å². The van der Waals surface area contributed by atoms with E-state index in [1.54, 1.807) is 0 Å². The summed E-state index contributed by atoms with van der Waals surface area (Å²) in [6.45, 7) is 8.26. The van der Waals surface area contributed by atoms with Crippen molar-refractivity contribution in [2.45, 2.75) is 32.6 Å². The number of aliphatic hydroxyl groups excluding tert-OH is 1. The predicted molar refractivity (Wildman–Crippen MR) is 79.6 cm³/mol. The highest BCUT2D eigenvalue weighted by Gasteiger charge is 2.26. The maximum atomic E-state index is 12.0. The topological polar surface area (TPSA) is 55.8 Å². The summed E-state index contributed by atoms with van der Waals surface area (Å²) >= 11 is 0. The van der Waals surface area contributed by atoms with Crippen molar-refractivity contribution in [1.82, 2.24) is 15.1 Å². The number of amides is 2. The normalized spacial score (nSPS) is 25.1. The minimum atomic E-state index is 0.0527. The van der Waals surface area contributed by atoms with Crippen LogP contribution in [0.1, 0.15) is 32.6 Å². The van der Waals surface area contributed by atoms with E-state index in [4.69, 9.17) is 5.11 Å². The third-order valence-corrected chi connectivity index (χ3v) is 4.62. The van der Waals surface area contributed by atoms with Gasteiger partial charge >= 0.3 is 6.03 Å². The third-order valence-electron chi connectivity index (χ3n) is 4.62. The second-order valence-electron chi connectivity index (χ2n) is 6.25. The Balaban J connectivity index is 1.62.